The number of aliphatic carboxylic acids is 1. The number of nitrogens with one attached hydrogen (secondary N) is 1. The van der Waals surface area contributed by atoms with Crippen molar-refractivity contribution in [2.45, 2.75) is 10.8 Å². The molecule has 166 valence electrons. The van der Waals surface area contributed by atoms with E-state index in [2.05, 4.69) is 15.5 Å². The van der Waals surface area contributed by atoms with Crippen LogP contribution in [0.1, 0.15) is 16.1 Å². The number of amides is 1. The molecule has 33 heavy (non-hydrogen) atoms. The van der Waals surface area contributed by atoms with Crippen LogP contribution in [0.4, 0.5) is 5.13 Å². The smallest absolute Gasteiger partial charge is 0.336 e. The Morgan fingerprint density at radius 1 is 1.03 bits per heavy atom. The van der Waals surface area contributed by atoms with Gasteiger partial charge in [-0.3, -0.25) is 14.9 Å². The number of aromatic nitrogens is 2. The number of carbonyl (C=O) groups is 2. The van der Waals surface area contributed by atoms with Crippen molar-refractivity contribution in [3.8, 4) is 22.3 Å². The minimum absolute atomic E-state index is 0.175. The van der Waals surface area contributed by atoms with Crippen LogP contribution in [0.3, 0.4) is 0 Å². The Balaban J connectivity index is 1.77. The van der Waals surface area contributed by atoms with Gasteiger partial charge < -0.3 is 9.52 Å². The Hall–Kier alpha value is -3.76. The second-order valence-corrected chi connectivity index (χ2v) is 8.91. The molecule has 2 N–H and O–H groups in total. The van der Waals surface area contributed by atoms with E-state index in [0.29, 0.717) is 21.0 Å². The Bertz CT molecular complexity index is 1380. The van der Waals surface area contributed by atoms with E-state index >= 15 is 0 Å². The van der Waals surface area contributed by atoms with Crippen LogP contribution in [0, 0.1) is 0 Å². The Morgan fingerprint density at radius 3 is 2.52 bits per heavy atom. The van der Waals surface area contributed by atoms with Gasteiger partial charge in [0.25, 0.3) is 5.91 Å². The van der Waals surface area contributed by atoms with Gasteiger partial charge in [0.05, 0.1) is 6.42 Å². The molecule has 0 saturated heterocycles. The number of nitrogens with zero attached hydrogens (tertiary/aromatic N) is 2. The topological polar surface area (TPSA) is 122 Å². The number of thioether (sulfide) groups is 1. The van der Waals surface area contributed by atoms with Gasteiger partial charge in [-0.2, -0.15) is 0 Å². The van der Waals surface area contributed by atoms with Crippen molar-refractivity contribution in [1.29, 1.82) is 0 Å². The fourth-order valence-corrected chi connectivity index (χ4v) is 4.40. The molecule has 0 spiro atoms. The highest BCUT2D eigenvalue weighted by Crippen LogP contribution is 2.33. The predicted molar refractivity (Wildman–Crippen MR) is 127 cm³/mol. The normalized spacial score (nSPS) is 10.7. The van der Waals surface area contributed by atoms with Crippen molar-refractivity contribution in [1.82, 2.24) is 10.2 Å². The summed E-state index contributed by atoms with van der Waals surface area (Å²) < 4.78 is 5.82. The molecule has 2 heterocycles. The molecule has 0 fully saturated rings. The van der Waals surface area contributed by atoms with Gasteiger partial charge in [-0.15, -0.1) is 10.2 Å². The SMILES string of the molecule is CSc1nnc(NC(=O)c2cc(-c3cc(CC(=O)O)ccc3-c3ccccc3)cc(=O)o2)s1. The van der Waals surface area contributed by atoms with Crippen molar-refractivity contribution in [2.75, 3.05) is 11.6 Å². The van der Waals surface area contributed by atoms with E-state index < -0.39 is 17.5 Å². The van der Waals surface area contributed by atoms with E-state index in [1.807, 2.05) is 42.7 Å². The lowest BCUT2D eigenvalue weighted by Crippen LogP contribution is -2.14. The van der Waals surface area contributed by atoms with E-state index in [9.17, 15) is 19.5 Å². The summed E-state index contributed by atoms with van der Waals surface area (Å²) in [5.41, 5.74) is 2.58. The highest BCUT2D eigenvalue weighted by atomic mass is 32.2. The molecule has 4 aromatic rings. The Kier molecular flexibility index (Phi) is 6.66. The zero-order chi connectivity index (χ0) is 23.4. The third-order valence-corrected chi connectivity index (χ3v) is 6.45. The van der Waals surface area contributed by atoms with Crippen LogP contribution in [-0.2, 0) is 11.2 Å². The van der Waals surface area contributed by atoms with Crippen molar-refractivity contribution in [3.63, 3.8) is 0 Å². The summed E-state index contributed by atoms with van der Waals surface area (Å²) >= 11 is 2.60. The van der Waals surface area contributed by atoms with Gasteiger partial charge in [0, 0.05) is 6.07 Å². The second kappa shape index (κ2) is 9.80. The van der Waals surface area contributed by atoms with Crippen molar-refractivity contribution in [2.24, 2.45) is 0 Å². The summed E-state index contributed by atoms with van der Waals surface area (Å²) in [4.78, 5) is 36.3. The van der Waals surface area contributed by atoms with Gasteiger partial charge in [-0.05, 0) is 46.2 Å². The molecule has 1 amide bonds. The monoisotopic (exact) mass is 479 g/mol. The van der Waals surface area contributed by atoms with Crippen LogP contribution < -0.4 is 10.9 Å². The van der Waals surface area contributed by atoms with E-state index in [-0.39, 0.29) is 17.3 Å². The summed E-state index contributed by atoms with van der Waals surface area (Å²) in [5, 5.41) is 19.9. The molecule has 10 heteroatoms. The summed E-state index contributed by atoms with van der Waals surface area (Å²) in [5.74, 6) is -1.80. The first-order chi connectivity index (χ1) is 15.9. The predicted octanol–water partition coefficient (Wildman–Crippen LogP) is 4.43. The van der Waals surface area contributed by atoms with Crippen molar-refractivity contribution in [3.05, 3.63) is 82.4 Å². The van der Waals surface area contributed by atoms with Crippen LogP contribution in [0.5, 0.6) is 0 Å². The quantitative estimate of drug-likeness (QED) is 0.295. The van der Waals surface area contributed by atoms with Crippen LogP contribution in [0.25, 0.3) is 22.3 Å². The van der Waals surface area contributed by atoms with Gasteiger partial charge in [0.2, 0.25) is 5.13 Å². The number of anilines is 1. The number of rotatable bonds is 7. The maximum Gasteiger partial charge on any atom is 0.336 e. The van der Waals surface area contributed by atoms with Crippen LogP contribution >= 0.6 is 23.1 Å². The van der Waals surface area contributed by atoms with Crippen molar-refractivity contribution < 1.29 is 19.1 Å². The maximum absolute atomic E-state index is 12.7. The number of hydrogen-bond donors (Lipinski definition) is 2. The molecular weight excluding hydrogens is 462 g/mol. The Morgan fingerprint density at radius 2 is 1.82 bits per heavy atom. The molecule has 0 radical (unpaired) electrons. The summed E-state index contributed by atoms with van der Waals surface area (Å²) in [6, 6.07) is 17.5. The summed E-state index contributed by atoms with van der Waals surface area (Å²) in [7, 11) is 0. The van der Waals surface area contributed by atoms with E-state index in [1.54, 1.807) is 12.1 Å². The highest BCUT2D eigenvalue weighted by molar-refractivity contribution is 8.00. The zero-order valence-electron chi connectivity index (χ0n) is 17.3. The molecule has 0 atom stereocenters. The number of carboxylic acids is 1. The first-order valence-electron chi connectivity index (χ1n) is 9.67. The van der Waals surface area contributed by atoms with Crippen molar-refractivity contribution >= 4 is 40.1 Å². The van der Waals surface area contributed by atoms with E-state index in [4.69, 9.17) is 4.42 Å². The van der Waals surface area contributed by atoms with Gasteiger partial charge in [-0.25, -0.2) is 4.79 Å². The average molecular weight is 480 g/mol. The van der Waals surface area contributed by atoms with Crippen LogP contribution in [0.15, 0.2) is 74.2 Å². The lowest BCUT2D eigenvalue weighted by molar-refractivity contribution is -0.136. The largest absolute Gasteiger partial charge is 0.481 e. The molecule has 0 aliphatic heterocycles. The van der Waals surface area contributed by atoms with Crippen LogP contribution in [-0.4, -0.2) is 33.4 Å². The molecule has 2 aromatic heterocycles. The number of hydrogen-bond acceptors (Lipinski definition) is 8. The first kappa shape index (κ1) is 22.4. The first-order valence-corrected chi connectivity index (χ1v) is 11.7. The number of benzene rings is 2. The average Bonchev–Trinajstić information content (AvgIpc) is 3.26. The fraction of sp³-hybridized carbons (Fsp3) is 0.0870. The van der Waals surface area contributed by atoms with Gasteiger partial charge in [0.1, 0.15) is 0 Å². The van der Waals surface area contributed by atoms with Gasteiger partial charge in [-0.1, -0.05) is 65.6 Å². The molecule has 0 aliphatic rings. The van der Waals surface area contributed by atoms with Gasteiger partial charge in [0.15, 0.2) is 10.1 Å². The molecule has 8 nitrogen and oxygen atoms in total. The summed E-state index contributed by atoms with van der Waals surface area (Å²) in [6.07, 6.45) is 1.67. The third kappa shape index (κ3) is 5.36. The fourth-order valence-electron chi connectivity index (χ4n) is 3.23. The highest BCUT2D eigenvalue weighted by Gasteiger charge is 2.17. The summed E-state index contributed by atoms with van der Waals surface area (Å²) in [6.45, 7) is 0. The lowest BCUT2D eigenvalue weighted by Gasteiger charge is -2.13. The molecule has 0 aliphatic carbocycles. The molecule has 0 bridgehead atoms. The Labute approximate surface area is 196 Å². The van der Waals surface area contributed by atoms with Crippen LogP contribution in [0.2, 0.25) is 0 Å². The molecule has 0 unspecified atom stereocenters. The van der Waals surface area contributed by atoms with E-state index in [0.717, 1.165) is 11.1 Å². The third-order valence-electron chi connectivity index (χ3n) is 4.63. The van der Waals surface area contributed by atoms with Gasteiger partial charge >= 0.3 is 11.6 Å². The number of carboxylic acid groups (broad SMARTS) is 1. The second-order valence-electron chi connectivity index (χ2n) is 6.88. The maximum atomic E-state index is 12.7. The molecule has 4 rings (SSSR count). The number of carbonyl (C=O) groups excluding carboxylic acids is 1. The van der Waals surface area contributed by atoms with E-state index in [1.165, 1.54) is 35.2 Å². The minimum Gasteiger partial charge on any atom is -0.481 e. The molecule has 2 aromatic carbocycles. The molecular formula is C23H17N3O5S2. The minimum atomic E-state index is -0.970. The standard InChI is InChI=1S/C23H17N3O5S2/c1-32-23-26-25-22(33-23)24-21(30)18-11-15(12-20(29)31-18)17-9-13(10-19(27)28)7-8-16(17)14-5-3-2-4-6-14/h2-9,11-12H,10H2,1H3,(H,27,28)(H,24,25,30). The lowest BCUT2D eigenvalue weighted by atomic mass is 9.92. The molecule has 0 saturated carbocycles. The zero-order valence-corrected chi connectivity index (χ0v) is 18.9.